The molecule has 128 valence electrons. The monoisotopic (exact) mass is 306 g/mol. The lowest BCUT2D eigenvalue weighted by Crippen LogP contribution is -1.92. The number of carboxylic acids is 1. The minimum absolute atomic E-state index is 0.176. The Labute approximate surface area is 129 Å². The molecule has 0 unspecified atom stereocenters. The van der Waals surface area contributed by atoms with Crippen LogP contribution in [0.5, 0.6) is 0 Å². The topological polar surface area (TPSA) is 87.0 Å². The highest BCUT2D eigenvalue weighted by Crippen LogP contribution is 1.96. The summed E-state index contributed by atoms with van der Waals surface area (Å²) in [5, 5.41) is 24.5. The lowest BCUT2D eigenvalue weighted by Gasteiger charge is -1.95. The van der Waals surface area contributed by atoms with Crippen molar-refractivity contribution in [2.75, 3.05) is 26.4 Å². The van der Waals surface area contributed by atoms with Gasteiger partial charge in [0.15, 0.2) is 0 Å². The normalized spacial score (nSPS) is 9.00. The van der Waals surface area contributed by atoms with E-state index in [0.29, 0.717) is 0 Å². The Hall–Kier alpha value is -0.910. The molecule has 0 aromatic heterocycles. The summed E-state index contributed by atoms with van der Waals surface area (Å²) in [6.45, 7) is 11.3. The second-order valence-corrected chi connectivity index (χ2v) is 4.56. The van der Waals surface area contributed by atoms with E-state index in [1.54, 1.807) is 0 Å². The molecule has 0 aliphatic heterocycles. The van der Waals surface area contributed by atoms with E-state index in [-0.39, 0.29) is 18.8 Å². The molecule has 0 amide bonds. The Kier molecular flexibility index (Phi) is 28.8. The number of aliphatic hydroxyl groups is 2. The van der Waals surface area contributed by atoms with Gasteiger partial charge in [-0.1, -0.05) is 33.3 Å². The number of carbonyl (C=O) groups is 1. The zero-order valence-electron chi connectivity index (χ0n) is 13.9. The van der Waals surface area contributed by atoms with Gasteiger partial charge in [0.1, 0.15) is 0 Å². The van der Waals surface area contributed by atoms with E-state index in [2.05, 4.69) is 20.4 Å². The molecule has 0 atom stereocenters. The van der Waals surface area contributed by atoms with Crippen LogP contribution in [0.2, 0.25) is 0 Å². The van der Waals surface area contributed by atoms with Crippen molar-refractivity contribution in [3.8, 4) is 0 Å². The summed E-state index contributed by atoms with van der Waals surface area (Å²) >= 11 is 0. The van der Waals surface area contributed by atoms with Crippen LogP contribution in [0.3, 0.4) is 0 Å². The summed E-state index contributed by atoms with van der Waals surface area (Å²) in [6.07, 6.45) is 6.11. The molecule has 0 aromatic rings. The molecule has 0 heterocycles. The quantitative estimate of drug-likeness (QED) is 0.426. The van der Waals surface area contributed by atoms with Crippen LogP contribution in [0.4, 0.5) is 0 Å². The molecule has 0 fully saturated rings. The molecule has 0 saturated carbocycles. The zero-order chi connectivity index (χ0) is 16.9. The van der Waals surface area contributed by atoms with Crippen LogP contribution in [0, 0.1) is 0 Å². The third-order valence-electron chi connectivity index (χ3n) is 2.13. The Morgan fingerprint density at radius 3 is 1.48 bits per heavy atom. The second-order valence-electron chi connectivity index (χ2n) is 4.56. The summed E-state index contributed by atoms with van der Waals surface area (Å²) < 4.78 is 5.13. The predicted octanol–water partition coefficient (Wildman–Crippen LogP) is 3.00. The smallest absolute Gasteiger partial charge is 0.330 e. The fourth-order valence-electron chi connectivity index (χ4n) is 0.968. The van der Waals surface area contributed by atoms with Crippen LogP contribution in [-0.2, 0) is 9.53 Å². The molecule has 0 bridgehead atoms. The molecule has 21 heavy (non-hydrogen) atoms. The molecule has 0 aromatic carbocycles. The third kappa shape index (κ3) is 38.1. The van der Waals surface area contributed by atoms with Crippen molar-refractivity contribution in [2.24, 2.45) is 0 Å². The standard InChI is InChI=1S/C6H14O2.C6H14O.C4H6O2/c7-5-3-1-2-4-6-8;1-3-5-7-6-4-2;1-3(2)4(5)6/h7-8H,1-6H2;3-6H2,1-2H3;1H2,2H3,(H,5,6). The van der Waals surface area contributed by atoms with Gasteiger partial charge in [-0.15, -0.1) is 0 Å². The van der Waals surface area contributed by atoms with Gasteiger partial charge in [-0.25, -0.2) is 4.79 Å². The maximum absolute atomic E-state index is 9.60. The van der Waals surface area contributed by atoms with Crippen LogP contribution < -0.4 is 0 Å². The SMILES string of the molecule is C=C(C)C(=O)O.CCCOCCC.OCCCCCCO. The Morgan fingerprint density at radius 1 is 0.952 bits per heavy atom. The Balaban J connectivity index is -0.000000234. The first-order valence-electron chi connectivity index (χ1n) is 7.66. The van der Waals surface area contributed by atoms with Crippen LogP contribution in [0.25, 0.3) is 0 Å². The highest BCUT2D eigenvalue weighted by Gasteiger charge is 1.90. The number of ether oxygens (including phenoxy) is 1. The summed E-state index contributed by atoms with van der Waals surface area (Å²) in [5.41, 5.74) is 0.176. The molecule has 0 saturated heterocycles. The second kappa shape index (κ2) is 24.1. The fourth-order valence-corrected chi connectivity index (χ4v) is 0.968. The van der Waals surface area contributed by atoms with Crippen LogP contribution in [-0.4, -0.2) is 47.7 Å². The summed E-state index contributed by atoms with van der Waals surface area (Å²) in [7, 11) is 0. The molecule has 3 N–H and O–H groups in total. The lowest BCUT2D eigenvalue weighted by molar-refractivity contribution is -0.132. The summed E-state index contributed by atoms with van der Waals surface area (Å²) in [4.78, 5) is 9.60. The highest BCUT2D eigenvalue weighted by atomic mass is 16.5. The highest BCUT2D eigenvalue weighted by molar-refractivity contribution is 5.84. The van der Waals surface area contributed by atoms with Crippen molar-refractivity contribution in [1.29, 1.82) is 0 Å². The van der Waals surface area contributed by atoms with Gasteiger partial charge in [-0.2, -0.15) is 0 Å². The summed E-state index contributed by atoms with van der Waals surface area (Å²) in [5.74, 6) is -0.935. The van der Waals surface area contributed by atoms with Gasteiger partial charge in [0.25, 0.3) is 0 Å². The third-order valence-corrected chi connectivity index (χ3v) is 2.13. The van der Waals surface area contributed by atoms with Gasteiger partial charge < -0.3 is 20.1 Å². The van der Waals surface area contributed by atoms with E-state index < -0.39 is 5.97 Å². The van der Waals surface area contributed by atoms with E-state index in [4.69, 9.17) is 20.1 Å². The number of hydrogen-bond acceptors (Lipinski definition) is 4. The van der Waals surface area contributed by atoms with Gasteiger partial charge in [0, 0.05) is 32.0 Å². The van der Waals surface area contributed by atoms with Gasteiger partial charge in [-0.05, 0) is 32.6 Å². The van der Waals surface area contributed by atoms with Crippen molar-refractivity contribution in [1.82, 2.24) is 0 Å². The first kappa shape index (κ1) is 25.1. The number of carboxylic acid groups (broad SMARTS) is 1. The van der Waals surface area contributed by atoms with E-state index in [1.165, 1.54) is 6.92 Å². The Bertz CT molecular complexity index is 195. The van der Waals surface area contributed by atoms with Crippen molar-refractivity contribution < 1.29 is 24.9 Å². The van der Waals surface area contributed by atoms with E-state index in [0.717, 1.165) is 51.7 Å². The number of rotatable bonds is 10. The largest absolute Gasteiger partial charge is 0.478 e. The molecule has 0 spiro atoms. The van der Waals surface area contributed by atoms with Gasteiger partial charge in [0.05, 0.1) is 0 Å². The Morgan fingerprint density at radius 2 is 1.29 bits per heavy atom. The molecule has 5 heteroatoms. The first-order chi connectivity index (χ1) is 9.97. The molecule has 5 nitrogen and oxygen atoms in total. The molecule has 0 aliphatic rings. The minimum Gasteiger partial charge on any atom is -0.478 e. The average molecular weight is 306 g/mol. The average Bonchev–Trinajstić information content (AvgIpc) is 2.45. The maximum Gasteiger partial charge on any atom is 0.330 e. The van der Waals surface area contributed by atoms with E-state index >= 15 is 0 Å². The van der Waals surface area contributed by atoms with Gasteiger partial charge in [0.2, 0.25) is 0 Å². The lowest BCUT2D eigenvalue weighted by atomic mass is 10.2. The number of aliphatic carboxylic acids is 1. The zero-order valence-corrected chi connectivity index (χ0v) is 13.9. The number of hydrogen-bond donors (Lipinski definition) is 3. The molecule has 0 aliphatic carbocycles. The first-order valence-corrected chi connectivity index (χ1v) is 7.66. The van der Waals surface area contributed by atoms with Crippen molar-refractivity contribution in [3.05, 3.63) is 12.2 Å². The van der Waals surface area contributed by atoms with Crippen molar-refractivity contribution in [3.63, 3.8) is 0 Å². The minimum atomic E-state index is -0.935. The molecule has 0 rings (SSSR count). The number of aliphatic hydroxyl groups excluding tert-OH is 2. The predicted molar refractivity (Wildman–Crippen MR) is 86.5 cm³/mol. The number of unbranched alkanes of at least 4 members (excludes halogenated alkanes) is 3. The maximum atomic E-state index is 9.60. The molecular formula is C16H34O5. The summed E-state index contributed by atoms with van der Waals surface area (Å²) in [6, 6.07) is 0. The van der Waals surface area contributed by atoms with Gasteiger partial charge in [-0.3, -0.25) is 0 Å². The van der Waals surface area contributed by atoms with E-state index in [9.17, 15) is 4.79 Å². The fraction of sp³-hybridized carbons (Fsp3) is 0.812. The molecular weight excluding hydrogens is 272 g/mol. The molecule has 0 radical (unpaired) electrons. The van der Waals surface area contributed by atoms with Crippen LogP contribution in [0.15, 0.2) is 12.2 Å². The van der Waals surface area contributed by atoms with E-state index in [1.807, 2.05) is 0 Å². The van der Waals surface area contributed by atoms with Crippen molar-refractivity contribution in [2.45, 2.75) is 59.3 Å². The van der Waals surface area contributed by atoms with Gasteiger partial charge >= 0.3 is 5.97 Å². The van der Waals surface area contributed by atoms with Crippen LogP contribution >= 0.6 is 0 Å². The van der Waals surface area contributed by atoms with Crippen LogP contribution in [0.1, 0.15) is 59.3 Å². The van der Waals surface area contributed by atoms with Crippen molar-refractivity contribution >= 4 is 5.97 Å².